The first kappa shape index (κ1) is 22.9. The summed E-state index contributed by atoms with van der Waals surface area (Å²) in [6.07, 6.45) is 1.88. The standard InChI is InChI=1S/C24H27NO5/c1-16(30-21(26)15-12-17-8-6-7-9-20(17)29-5)22(27)18-10-13-19(14-11-18)25-23(28)24(2,3)4/h6-16H,1-5H3,(H,25,28)/b15-12+/t16-/m1/s1. The predicted octanol–water partition coefficient (Wildman–Crippen LogP) is 4.51. The van der Waals surface area contributed by atoms with Gasteiger partial charge in [-0.3, -0.25) is 9.59 Å². The summed E-state index contributed by atoms with van der Waals surface area (Å²) in [4.78, 5) is 36.7. The Morgan fingerprint density at radius 3 is 2.23 bits per heavy atom. The van der Waals surface area contributed by atoms with E-state index in [-0.39, 0.29) is 11.7 Å². The van der Waals surface area contributed by atoms with Crippen molar-refractivity contribution in [2.45, 2.75) is 33.8 Å². The smallest absolute Gasteiger partial charge is 0.331 e. The summed E-state index contributed by atoms with van der Waals surface area (Å²) in [6.45, 7) is 6.97. The summed E-state index contributed by atoms with van der Waals surface area (Å²) in [7, 11) is 1.55. The Morgan fingerprint density at radius 2 is 1.63 bits per heavy atom. The third-order valence-electron chi connectivity index (χ3n) is 4.31. The first-order valence-corrected chi connectivity index (χ1v) is 9.59. The van der Waals surface area contributed by atoms with Crippen LogP contribution in [-0.4, -0.2) is 30.9 Å². The van der Waals surface area contributed by atoms with Gasteiger partial charge in [0.05, 0.1) is 7.11 Å². The number of ether oxygens (including phenoxy) is 2. The fraction of sp³-hybridized carbons (Fsp3) is 0.292. The molecule has 0 bridgehead atoms. The topological polar surface area (TPSA) is 81.7 Å². The van der Waals surface area contributed by atoms with Gasteiger partial charge in [-0.25, -0.2) is 4.79 Å². The van der Waals surface area contributed by atoms with Crippen LogP contribution in [0, 0.1) is 5.41 Å². The number of carbonyl (C=O) groups excluding carboxylic acids is 3. The Labute approximate surface area is 176 Å². The van der Waals surface area contributed by atoms with Gasteiger partial charge in [0.1, 0.15) is 5.75 Å². The van der Waals surface area contributed by atoms with Crippen molar-refractivity contribution in [2.75, 3.05) is 12.4 Å². The van der Waals surface area contributed by atoms with E-state index >= 15 is 0 Å². The molecule has 2 aromatic carbocycles. The van der Waals surface area contributed by atoms with Gasteiger partial charge in [-0.05, 0) is 43.3 Å². The predicted molar refractivity (Wildman–Crippen MR) is 116 cm³/mol. The summed E-state index contributed by atoms with van der Waals surface area (Å²) >= 11 is 0. The second-order valence-electron chi connectivity index (χ2n) is 7.80. The lowest BCUT2D eigenvalue weighted by atomic mass is 9.95. The van der Waals surface area contributed by atoms with Crippen LogP contribution in [0.25, 0.3) is 6.08 Å². The fourth-order valence-electron chi connectivity index (χ4n) is 2.50. The highest BCUT2D eigenvalue weighted by atomic mass is 16.5. The minimum atomic E-state index is -0.949. The first-order valence-electron chi connectivity index (χ1n) is 9.59. The molecule has 0 aliphatic rings. The van der Waals surface area contributed by atoms with Gasteiger partial charge in [0, 0.05) is 28.3 Å². The van der Waals surface area contributed by atoms with Gasteiger partial charge in [-0.2, -0.15) is 0 Å². The van der Waals surface area contributed by atoms with Crippen molar-refractivity contribution in [3.8, 4) is 5.75 Å². The molecule has 0 aliphatic carbocycles. The molecule has 1 amide bonds. The molecule has 158 valence electrons. The zero-order valence-corrected chi connectivity index (χ0v) is 17.9. The van der Waals surface area contributed by atoms with Crippen molar-refractivity contribution in [1.82, 2.24) is 0 Å². The molecule has 0 saturated heterocycles. The Hall–Kier alpha value is -3.41. The van der Waals surface area contributed by atoms with Crippen molar-refractivity contribution in [3.05, 3.63) is 65.7 Å². The number of methoxy groups -OCH3 is 1. The molecule has 6 heteroatoms. The summed E-state index contributed by atoms with van der Waals surface area (Å²) < 4.78 is 10.4. The molecule has 0 spiro atoms. The first-order chi connectivity index (χ1) is 14.1. The van der Waals surface area contributed by atoms with E-state index in [1.54, 1.807) is 49.6 Å². The molecule has 1 atom stereocenters. The molecule has 0 aliphatic heterocycles. The van der Waals surface area contributed by atoms with Gasteiger partial charge in [0.15, 0.2) is 6.10 Å². The minimum absolute atomic E-state index is 0.120. The zero-order valence-electron chi connectivity index (χ0n) is 17.9. The van der Waals surface area contributed by atoms with E-state index in [0.717, 1.165) is 5.56 Å². The molecule has 1 N–H and O–H groups in total. The highest BCUT2D eigenvalue weighted by Gasteiger charge is 2.22. The molecule has 0 aromatic heterocycles. The van der Waals surface area contributed by atoms with Gasteiger partial charge in [-0.1, -0.05) is 39.0 Å². The number of benzene rings is 2. The van der Waals surface area contributed by atoms with Gasteiger partial charge < -0.3 is 14.8 Å². The number of rotatable bonds is 7. The molecule has 2 rings (SSSR count). The van der Waals surface area contributed by atoms with Crippen LogP contribution in [0.2, 0.25) is 0 Å². The number of amides is 1. The van der Waals surface area contributed by atoms with Crippen LogP contribution in [0.1, 0.15) is 43.6 Å². The zero-order chi connectivity index (χ0) is 22.3. The SMILES string of the molecule is COc1ccccc1/C=C/C(=O)O[C@H](C)C(=O)c1ccc(NC(=O)C(C)(C)C)cc1. The molecular formula is C24H27NO5. The van der Waals surface area contributed by atoms with Crippen LogP contribution >= 0.6 is 0 Å². The molecular weight excluding hydrogens is 382 g/mol. The average Bonchev–Trinajstić information content (AvgIpc) is 2.71. The molecule has 0 fully saturated rings. The normalized spacial score (nSPS) is 12.3. The molecule has 0 radical (unpaired) electrons. The highest BCUT2D eigenvalue weighted by molar-refractivity contribution is 6.02. The Kier molecular flexibility index (Phi) is 7.53. The van der Waals surface area contributed by atoms with E-state index in [1.807, 2.05) is 32.9 Å². The third kappa shape index (κ3) is 6.30. The average molecular weight is 409 g/mol. The minimum Gasteiger partial charge on any atom is -0.496 e. The number of nitrogens with one attached hydrogen (secondary N) is 1. The second-order valence-corrected chi connectivity index (χ2v) is 7.80. The van der Waals surface area contributed by atoms with Crippen LogP contribution < -0.4 is 10.1 Å². The van der Waals surface area contributed by atoms with Crippen LogP contribution in [0.3, 0.4) is 0 Å². The maximum atomic E-state index is 12.5. The van der Waals surface area contributed by atoms with Gasteiger partial charge in [0.2, 0.25) is 11.7 Å². The molecule has 0 unspecified atom stereocenters. The number of hydrogen-bond donors (Lipinski definition) is 1. The summed E-state index contributed by atoms with van der Waals surface area (Å²) in [5, 5.41) is 2.80. The number of esters is 1. The quantitative estimate of drug-likeness (QED) is 0.413. The molecule has 2 aromatic rings. The maximum Gasteiger partial charge on any atom is 0.331 e. The molecule has 0 heterocycles. The monoisotopic (exact) mass is 409 g/mol. The van der Waals surface area contributed by atoms with Crippen LogP contribution in [0.5, 0.6) is 5.75 Å². The third-order valence-corrected chi connectivity index (χ3v) is 4.31. The second kappa shape index (κ2) is 9.87. The van der Waals surface area contributed by atoms with E-state index in [0.29, 0.717) is 17.0 Å². The van der Waals surface area contributed by atoms with Crippen molar-refractivity contribution >= 4 is 29.4 Å². The molecule has 30 heavy (non-hydrogen) atoms. The lowest BCUT2D eigenvalue weighted by Gasteiger charge is -2.18. The molecule has 0 saturated carbocycles. The Balaban J connectivity index is 1.97. The number of para-hydroxylation sites is 1. The van der Waals surface area contributed by atoms with Crippen molar-refractivity contribution in [2.24, 2.45) is 5.41 Å². The number of hydrogen-bond acceptors (Lipinski definition) is 5. The number of ketones is 1. The summed E-state index contributed by atoms with van der Waals surface area (Å²) in [5.41, 5.74) is 1.19. The van der Waals surface area contributed by atoms with E-state index in [4.69, 9.17) is 9.47 Å². The molecule has 6 nitrogen and oxygen atoms in total. The van der Waals surface area contributed by atoms with E-state index in [9.17, 15) is 14.4 Å². The van der Waals surface area contributed by atoms with Crippen LogP contribution in [0.15, 0.2) is 54.6 Å². The lowest BCUT2D eigenvalue weighted by Crippen LogP contribution is -2.27. The van der Waals surface area contributed by atoms with Gasteiger partial charge in [-0.15, -0.1) is 0 Å². The van der Waals surface area contributed by atoms with Crippen LogP contribution in [0.4, 0.5) is 5.69 Å². The number of carbonyl (C=O) groups is 3. The van der Waals surface area contributed by atoms with Crippen molar-refractivity contribution in [3.63, 3.8) is 0 Å². The van der Waals surface area contributed by atoms with Crippen molar-refractivity contribution in [1.29, 1.82) is 0 Å². The highest BCUT2D eigenvalue weighted by Crippen LogP contribution is 2.20. The van der Waals surface area contributed by atoms with Gasteiger partial charge in [0.25, 0.3) is 0 Å². The lowest BCUT2D eigenvalue weighted by molar-refractivity contribution is -0.140. The number of anilines is 1. The maximum absolute atomic E-state index is 12.5. The van der Waals surface area contributed by atoms with E-state index < -0.39 is 17.5 Å². The summed E-state index contributed by atoms with van der Waals surface area (Å²) in [5.74, 6) is -0.450. The van der Waals surface area contributed by atoms with E-state index in [1.165, 1.54) is 13.0 Å². The Bertz CT molecular complexity index is 939. The Morgan fingerprint density at radius 1 is 1.00 bits per heavy atom. The fourth-order valence-corrected chi connectivity index (χ4v) is 2.50. The summed E-state index contributed by atoms with van der Waals surface area (Å²) in [6, 6.07) is 13.7. The van der Waals surface area contributed by atoms with Crippen LogP contribution in [-0.2, 0) is 14.3 Å². The van der Waals surface area contributed by atoms with E-state index in [2.05, 4.69) is 5.32 Å². The van der Waals surface area contributed by atoms with Crippen molar-refractivity contribution < 1.29 is 23.9 Å². The van der Waals surface area contributed by atoms with Gasteiger partial charge >= 0.3 is 5.97 Å². The number of Topliss-reactive ketones (excluding diaryl/α,β-unsaturated/α-hetero) is 1. The largest absolute Gasteiger partial charge is 0.496 e.